The first-order valence-electron chi connectivity index (χ1n) is 8.35. The molecule has 0 saturated carbocycles. The van der Waals surface area contributed by atoms with Crippen LogP contribution in [-0.2, 0) is 7.05 Å². The molecule has 0 aliphatic rings. The van der Waals surface area contributed by atoms with Crippen molar-refractivity contribution < 1.29 is 4.79 Å². The van der Waals surface area contributed by atoms with Crippen molar-refractivity contribution in [3.8, 4) is 11.4 Å². The summed E-state index contributed by atoms with van der Waals surface area (Å²) < 4.78 is 1.69. The van der Waals surface area contributed by atoms with E-state index in [1.165, 1.54) is 11.3 Å². The van der Waals surface area contributed by atoms with Crippen molar-refractivity contribution in [2.45, 2.75) is 20.3 Å². The van der Waals surface area contributed by atoms with Crippen LogP contribution in [0.4, 0.5) is 0 Å². The number of aromatic nitrogens is 5. The minimum absolute atomic E-state index is 0.0714. The molecular formula is C18H20N6OS. The van der Waals surface area contributed by atoms with Crippen LogP contribution < -0.4 is 5.32 Å². The van der Waals surface area contributed by atoms with Crippen LogP contribution in [0.25, 0.3) is 23.5 Å². The van der Waals surface area contributed by atoms with E-state index in [0.717, 1.165) is 28.5 Å². The van der Waals surface area contributed by atoms with E-state index >= 15 is 0 Å². The number of hydrogen-bond donors (Lipinski definition) is 1. The summed E-state index contributed by atoms with van der Waals surface area (Å²) in [7, 11) is 1.83. The van der Waals surface area contributed by atoms with Gasteiger partial charge < -0.3 is 5.32 Å². The number of carbonyl (C=O) groups excluding carboxylic acids is 1. The lowest BCUT2D eigenvalue weighted by Gasteiger charge is -2.00. The third kappa shape index (κ3) is 3.85. The van der Waals surface area contributed by atoms with Crippen LogP contribution in [0.2, 0.25) is 0 Å². The molecule has 26 heavy (non-hydrogen) atoms. The molecule has 8 heteroatoms. The van der Waals surface area contributed by atoms with Crippen molar-refractivity contribution in [3.63, 3.8) is 0 Å². The van der Waals surface area contributed by atoms with Crippen molar-refractivity contribution in [2.24, 2.45) is 7.05 Å². The largest absolute Gasteiger partial charge is 0.351 e. The van der Waals surface area contributed by atoms with Crippen LogP contribution in [0.5, 0.6) is 0 Å². The molecule has 3 heterocycles. The van der Waals surface area contributed by atoms with Gasteiger partial charge in [-0.2, -0.15) is 0 Å². The first kappa shape index (κ1) is 17.9. The third-order valence-corrected chi connectivity index (χ3v) is 4.84. The number of pyridine rings is 1. The summed E-state index contributed by atoms with van der Waals surface area (Å²) in [6, 6.07) is 5.67. The molecule has 0 saturated heterocycles. The van der Waals surface area contributed by atoms with Crippen LogP contribution in [0.3, 0.4) is 0 Å². The van der Waals surface area contributed by atoms with Crippen molar-refractivity contribution in [2.75, 3.05) is 6.54 Å². The zero-order valence-electron chi connectivity index (χ0n) is 14.9. The van der Waals surface area contributed by atoms with Gasteiger partial charge in [0, 0.05) is 19.8 Å². The summed E-state index contributed by atoms with van der Waals surface area (Å²) >= 11 is 1.37. The molecule has 0 fully saturated rings. The second-order valence-corrected chi connectivity index (χ2v) is 6.75. The van der Waals surface area contributed by atoms with Crippen molar-refractivity contribution in [1.82, 2.24) is 30.3 Å². The molecule has 0 unspecified atom stereocenters. The van der Waals surface area contributed by atoms with E-state index in [4.69, 9.17) is 0 Å². The summed E-state index contributed by atoms with van der Waals surface area (Å²) in [6.07, 6.45) is 6.40. The van der Waals surface area contributed by atoms with E-state index in [9.17, 15) is 4.79 Å². The van der Waals surface area contributed by atoms with Gasteiger partial charge >= 0.3 is 0 Å². The highest BCUT2D eigenvalue weighted by Crippen LogP contribution is 2.23. The van der Waals surface area contributed by atoms with Gasteiger partial charge in [-0.3, -0.25) is 9.78 Å². The molecular weight excluding hydrogens is 348 g/mol. The smallest absolute Gasteiger partial charge is 0.263 e. The van der Waals surface area contributed by atoms with Crippen molar-refractivity contribution >= 4 is 29.4 Å². The van der Waals surface area contributed by atoms with E-state index in [1.807, 2.05) is 51.2 Å². The Morgan fingerprint density at radius 2 is 2.19 bits per heavy atom. The first-order valence-corrected chi connectivity index (χ1v) is 9.16. The summed E-state index contributed by atoms with van der Waals surface area (Å²) in [5, 5.41) is 11.9. The van der Waals surface area contributed by atoms with Gasteiger partial charge in [-0.1, -0.05) is 18.2 Å². The molecule has 134 valence electrons. The Morgan fingerprint density at radius 1 is 1.35 bits per heavy atom. The van der Waals surface area contributed by atoms with Gasteiger partial charge in [0.15, 0.2) is 0 Å². The fourth-order valence-corrected chi connectivity index (χ4v) is 3.29. The number of nitrogens with one attached hydrogen (secondary N) is 1. The van der Waals surface area contributed by atoms with Gasteiger partial charge in [-0.15, -0.1) is 16.4 Å². The Hall–Kier alpha value is -2.87. The molecule has 0 aromatic carbocycles. The van der Waals surface area contributed by atoms with Crippen LogP contribution in [0, 0.1) is 6.92 Å². The van der Waals surface area contributed by atoms with Gasteiger partial charge in [-0.25, -0.2) is 9.67 Å². The first-order chi connectivity index (χ1) is 12.6. The fourth-order valence-electron chi connectivity index (χ4n) is 2.40. The number of thiazole rings is 1. The molecule has 0 aliphatic carbocycles. The predicted octanol–water partition coefficient (Wildman–Crippen LogP) is 2.95. The van der Waals surface area contributed by atoms with E-state index < -0.39 is 0 Å². The Bertz CT molecular complexity index is 929. The average Bonchev–Trinajstić information content (AvgIpc) is 3.21. The fraction of sp³-hybridized carbons (Fsp3) is 0.278. The molecule has 3 rings (SSSR count). The average molecular weight is 368 g/mol. The Kier molecular flexibility index (Phi) is 5.52. The van der Waals surface area contributed by atoms with Gasteiger partial charge in [0.2, 0.25) is 0 Å². The zero-order valence-corrected chi connectivity index (χ0v) is 15.7. The summed E-state index contributed by atoms with van der Waals surface area (Å²) in [5.41, 5.74) is 3.03. The lowest BCUT2D eigenvalue weighted by Crippen LogP contribution is -2.23. The van der Waals surface area contributed by atoms with Gasteiger partial charge in [0.25, 0.3) is 5.91 Å². The van der Waals surface area contributed by atoms with E-state index in [0.29, 0.717) is 17.1 Å². The highest BCUT2D eigenvalue weighted by molar-refractivity contribution is 7.14. The molecule has 0 bridgehead atoms. The molecule has 0 atom stereocenters. The monoisotopic (exact) mass is 368 g/mol. The van der Waals surface area contributed by atoms with Crippen molar-refractivity contribution in [3.05, 3.63) is 45.7 Å². The zero-order chi connectivity index (χ0) is 18.5. The van der Waals surface area contributed by atoms with Crippen LogP contribution in [0.15, 0.2) is 24.4 Å². The number of carbonyl (C=O) groups is 1. The van der Waals surface area contributed by atoms with E-state index in [1.54, 1.807) is 10.9 Å². The summed E-state index contributed by atoms with van der Waals surface area (Å²) in [6.45, 7) is 4.53. The number of amides is 1. The highest BCUT2D eigenvalue weighted by atomic mass is 32.1. The van der Waals surface area contributed by atoms with Gasteiger partial charge in [0.05, 0.1) is 17.1 Å². The molecule has 1 amide bonds. The Morgan fingerprint density at radius 3 is 2.92 bits per heavy atom. The Labute approximate surface area is 155 Å². The van der Waals surface area contributed by atoms with Crippen LogP contribution in [-0.4, -0.2) is 37.4 Å². The van der Waals surface area contributed by atoms with E-state index in [2.05, 4.69) is 25.6 Å². The number of hydrogen-bond acceptors (Lipinski definition) is 6. The molecule has 1 N–H and O–H groups in total. The van der Waals surface area contributed by atoms with Crippen LogP contribution in [0.1, 0.15) is 39.4 Å². The lowest BCUT2D eigenvalue weighted by molar-refractivity contribution is 0.0957. The van der Waals surface area contributed by atoms with Gasteiger partial charge in [0.1, 0.15) is 15.6 Å². The van der Waals surface area contributed by atoms with Gasteiger partial charge in [-0.05, 0) is 37.6 Å². The number of nitrogens with zero attached hydrogens (tertiary/aromatic N) is 5. The standard InChI is InChI=1S/C18H20N6OS/c1-4-10-20-18(25)17-12(2)21-15(26-17)9-8-14-16(22-23-24(14)3)13-7-5-6-11-19-13/h5-9,11H,4,10H2,1-3H3,(H,20,25). The molecule has 0 radical (unpaired) electrons. The second-order valence-electron chi connectivity index (χ2n) is 5.72. The minimum Gasteiger partial charge on any atom is -0.351 e. The maximum absolute atomic E-state index is 12.2. The maximum atomic E-state index is 12.2. The predicted molar refractivity (Wildman–Crippen MR) is 103 cm³/mol. The quantitative estimate of drug-likeness (QED) is 0.723. The number of rotatable bonds is 6. The minimum atomic E-state index is -0.0714. The second kappa shape index (κ2) is 8.01. The molecule has 0 aliphatic heterocycles. The van der Waals surface area contributed by atoms with E-state index in [-0.39, 0.29) is 5.91 Å². The maximum Gasteiger partial charge on any atom is 0.263 e. The molecule has 3 aromatic rings. The topological polar surface area (TPSA) is 85.6 Å². The molecule has 0 spiro atoms. The SMILES string of the molecule is CCCNC(=O)c1sc(C=Cc2c(-c3ccccn3)nnn2C)nc1C. The summed E-state index contributed by atoms with van der Waals surface area (Å²) in [4.78, 5) is 21.6. The highest BCUT2D eigenvalue weighted by Gasteiger charge is 2.15. The third-order valence-electron chi connectivity index (χ3n) is 3.72. The normalized spacial score (nSPS) is 11.2. The van der Waals surface area contributed by atoms with Crippen LogP contribution >= 0.6 is 11.3 Å². The molecule has 7 nitrogen and oxygen atoms in total. The number of aryl methyl sites for hydroxylation is 2. The summed E-state index contributed by atoms with van der Waals surface area (Å²) in [5.74, 6) is -0.0714. The lowest BCUT2D eigenvalue weighted by atomic mass is 10.2. The molecule has 3 aromatic heterocycles. The Balaban J connectivity index is 1.86. The van der Waals surface area contributed by atoms with Crippen molar-refractivity contribution in [1.29, 1.82) is 0 Å².